The quantitative estimate of drug-likeness (QED) is 0.0262. The van der Waals surface area contributed by atoms with Crippen LogP contribution in [0.1, 0.15) is 310 Å². The topological polar surface area (TPSA) is 78.9 Å². The molecular formula is C62H112O6. The molecule has 68 heavy (non-hydrogen) atoms. The molecular weight excluding hydrogens is 841 g/mol. The van der Waals surface area contributed by atoms with Crippen LogP contribution < -0.4 is 0 Å². The van der Waals surface area contributed by atoms with Gasteiger partial charge in [0.05, 0.1) is 0 Å². The van der Waals surface area contributed by atoms with E-state index in [4.69, 9.17) is 14.2 Å². The van der Waals surface area contributed by atoms with Crippen LogP contribution in [-0.2, 0) is 28.6 Å². The van der Waals surface area contributed by atoms with Crippen LogP contribution in [0.2, 0.25) is 0 Å². The Kier molecular flexibility index (Phi) is 54.8. The summed E-state index contributed by atoms with van der Waals surface area (Å²) in [6.45, 7) is 6.59. The van der Waals surface area contributed by atoms with Crippen LogP contribution in [0, 0.1) is 0 Å². The van der Waals surface area contributed by atoms with E-state index >= 15 is 0 Å². The Hall–Kier alpha value is -2.63. The molecule has 0 aliphatic carbocycles. The van der Waals surface area contributed by atoms with E-state index in [-0.39, 0.29) is 31.1 Å². The van der Waals surface area contributed by atoms with Crippen molar-refractivity contribution in [1.29, 1.82) is 0 Å². The van der Waals surface area contributed by atoms with Gasteiger partial charge in [-0.3, -0.25) is 14.4 Å². The van der Waals surface area contributed by atoms with Gasteiger partial charge in [-0.2, -0.15) is 0 Å². The van der Waals surface area contributed by atoms with Crippen LogP contribution in [0.4, 0.5) is 0 Å². The van der Waals surface area contributed by atoms with E-state index in [1.165, 1.54) is 180 Å². The van der Waals surface area contributed by atoms with Crippen molar-refractivity contribution >= 4 is 17.9 Å². The molecule has 0 rings (SSSR count). The van der Waals surface area contributed by atoms with Crippen molar-refractivity contribution in [2.24, 2.45) is 0 Å². The van der Waals surface area contributed by atoms with Crippen molar-refractivity contribution in [2.75, 3.05) is 13.2 Å². The van der Waals surface area contributed by atoms with Gasteiger partial charge in [0.1, 0.15) is 13.2 Å². The lowest BCUT2D eigenvalue weighted by molar-refractivity contribution is -0.167. The van der Waals surface area contributed by atoms with Crippen LogP contribution in [0.15, 0.2) is 48.6 Å². The number of allylic oxidation sites excluding steroid dienone is 8. The predicted molar refractivity (Wildman–Crippen MR) is 293 cm³/mol. The molecule has 0 aromatic heterocycles. The summed E-state index contributed by atoms with van der Waals surface area (Å²) >= 11 is 0. The first-order chi connectivity index (χ1) is 33.5. The molecule has 0 bridgehead atoms. The first-order valence-corrected chi connectivity index (χ1v) is 29.6. The monoisotopic (exact) mass is 953 g/mol. The Morgan fingerprint density at radius 3 is 0.838 bits per heavy atom. The van der Waals surface area contributed by atoms with E-state index in [0.29, 0.717) is 19.3 Å². The maximum Gasteiger partial charge on any atom is 0.306 e. The molecule has 0 aromatic carbocycles. The molecule has 6 nitrogen and oxygen atoms in total. The summed E-state index contributed by atoms with van der Waals surface area (Å²) in [6.07, 6.45) is 69.9. The smallest absolute Gasteiger partial charge is 0.306 e. The van der Waals surface area contributed by atoms with Gasteiger partial charge in [0.15, 0.2) is 6.10 Å². The van der Waals surface area contributed by atoms with Gasteiger partial charge in [-0.05, 0) is 83.5 Å². The molecule has 0 aromatic rings. The van der Waals surface area contributed by atoms with E-state index in [0.717, 1.165) is 89.9 Å². The van der Waals surface area contributed by atoms with E-state index in [9.17, 15) is 14.4 Å². The Morgan fingerprint density at radius 1 is 0.294 bits per heavy atom. The van der Waals surface area contributed by atoms with Crippen LogP contribution >= 0.6 is 0 Å². The number of hydrogen-bond acceptors (Lipinski definition) is 6. The number of unbranched alkanes of at least 4 members (excludes halogenated alkanes) is 35. The minimum Gasteiger partial charge on any atom is -0.462 e. The lowest BCUT2D eigenvalue weighted by Crippen LogP contribution is -2.30. The van der Waals surface area contributed by atoms with Gasteiger partial charge in [0.25, 0.3) is 0 Å². The molecule has 0 amide bonds. The summed E-state index contributed by atoms with van der Waals surface area (Å²) in [5.74, 6) is -0.882. The van der Waals surface area contributed by atoms with Gasteiger partial charge in [-0.15, -0.1) is 0 Å². The largest absolute Gasteiger partial charge is 0.462 e. The van der Waals surface area contributed by atoms with Crippen LogP contribution in [-0.4, -0.2) is 37.2 Å². The van der Waals surface area contributed by atoms with Crippen molar-refractivity contribution < 1.29 is 28.6 Å². The lowest BCUT2D eigenvalue weighted by atomic mass is 10.0. The second-order valence-corrected chi connectivity index (χ2v) is 19.9. The van der Waals surface area contributed by atoms with Crippen molar-refractivity contribution in [2.45, 2.75) is 316 Å². The highest BCUT2D eigenvalue weighted by molar-refractivity contribution is 5.71. The average Bonchev–Trinajstić information content (AvgIpc) is 3.34. The molecule has 0 spiro atoms. The van der Waals surface area contributed by atoms with E-state index in [2.05, 4.69) is 69.4 Å². The molecule has 0 heterocycles. The minimum atomic E-state index is -0.776. The zero-order chi connectivity index (χ0) is 49.3. The third-order valence-electron chi connectivity index (χ3n) is 13.1. The highest BCUT2D eigenvalue weighted by atomic mass is 16.6. The van der Waals surface area contributed by atoms with E-state index in [1.54, 1.807) is 0 Å². The second kappa shape index (κ2) is 57.0. The number of hydrogen-bond donors (Lipinski definition) is 0. The van der Waals surface area contributed by atoms with E-state index in [1.807, 2.05) is 0 Å². The molecule has 6 heteroatoms. The molecule has 0 radical (unpaired) electrons. The molecule has 0 aliphatic rings. The highest BCUT2D eigenvalue weighted by Gasteiger charge is 2.19. The summed E-state index contributed by atoms with van der Waals surface area (Å²) in [6, 6.07) is 0. The third kappa shape index (κ3) is 54.3. The van der Waals surface area contributed by atoms with Gasteiger partial charge in [0.2, 0.25) is 0 Å². The van der Waals surface area contributed by atoms with Crippen molar-refractivity contribution in [3.05, 3.63) is 48.6 Å². The van der Waals surface area contributed by atoms with Crippen molar-refractivity contribution in [3.8, 4) is 0 Å². The molecule has 1 unspecified atom stereocenters. The molecule has 0 aliphatic heterocycles. The standard InChI is InChI=1S/C62H112O6/c1-4-7-10-13-16-19-21-23-25-26-27-28-29-30-31-32-33-34-35-36-38-39-41-43-46-49-52-55-61(64)67-58-59(57-66-60(63)54-51-48-45-18-15-12-9-6-3)68-62(65)56-53-50-47-44-42-40-37-24-22-20-17-14-11-8-5-2/h17,20-21,23-24,26-27,37,59H,4-16,18-19,22,25,28-36,38-58H2,1-3H3/b20-17-,23-21-,27-26-,37-24-. The van der Waals surface area contributed by atoms with Gasteiger partial charge >= 0.3 is 17.9 Å². The summed E-state index contributed by atoms with van der Waals surface area (Å²) in [5, 5.41) is 0. The maximum atomic E-state index is 12.8. The summed E-state index contributed by atoms with van der Waals surface area (Å²) < 4.78 is 16.8. The summed E-state index contributed by atoms with van der Waals surface area (Å²) in [5.41, 5.74) is 0. The molecule has 0 saturated heterocycles. The molecule has 396 valence electrons. The first-order valence-electron chi connectivity index (χ1n) is 29.6. The zero-order valence-corrected chi connectivity index (χ0v) is 45.4. The molecule has 0 N–H and O–H groups in total. The number of carbonyl (C=O) groups is 3. The van der Waals surface area contributed by atoms with Crippen molar-refractivity contribution in [3.63, 3.8) is 0 Å². The van der Waals surface area contributed by atoms with Crippen LogP contribution in [0.25, 0.3) is 0 Å². The Balaban J connectivity index is 4.12. The fourth-order valence-corrected chi connectivity index (χ4v) is 8.56. The number of esters is 3. The predicted octanol–water partition coefficient (Wildman–Crippen LogP) is 19.8. The maximum absolute atomic E-state index is 12.8. The minimum absolute atomic E-state index is 0.0760. The number of carbonyl (C=O) groups excluding carboxylic acids is 3. The summed E-state index contributed by atoms with van der Waals surface area (Å²) in [4.78, 5) is 38.0. The van der Waals surface area contributed by atoms with Crippen LogP contribution in [0.5, 0.6) is 0 Å². The van der Waals surface area contributed by atoms with Crippen LogP contribution in [0.3, 0.4) is 0 Å². The zero-order valence-electron chi connectivity index (χ0n) is 45.4. The fraction of sp³-hybridized carbons (Fsp3) is 0.823. The Bertz CT molecular complexity index is 1190. The lowest BCUT2D eigenvalue weighted by Gasteiger charge is -2.18. The molecule has 1 atom stereocenters. The molecule has 0 fully saturated rings. The van der Waals surface area contributed by atoms with Gasteiger partial charge in [-0.1, -0.05) is 256 Å². The number of ether oxygens (including phenoxy) is 3. The Morgan fingerprint density at radius 2 is 0.529 bits per heavy atom. The highest BCUT2D eigenvalue weighted by Crippen LogP contribution is 2.16. The average molecular weight is 954 g/mol. The Labute approximate surface area is 422 Å². The number of rotatable bonds is 54. The van der Waals surface area contributed by atoms with E-state index < -0.39 is 6.10 Å². The fourth-order valence-electron chi connectivity index (χ4n) is 8.56. The first kappa shape index (κ1) is 65.4. The summed E-state index contributed by atoms with van der Waals surface area (Å²) in [7, 11) is 0. The van der Waals surface area contributed by atoms with Gasteiger partial charge in [-0.25, -0.2) is 0 Å². The van der Waals surface area contributed by atoms with Gasteiger partial charge < -0.3 is 14.2 Å². The second-order valence-electron chi connectivity index (χ2n) is 19.9. The SMILES string of the molecule is CCCCC/C=C\C/C=C\CCCCCCCC(=O)OC(COC(=O)CCCCCCCCCC)COC(=O)CCCCCCCCCCCCCCCCC/C=C\C/C=C\CCCCCCC. The van der Waals surface area contributed by atoms with Crippen molar-refractivity contribution in [1.82, 2.24) is 0 Å². The van der Waals surface area contributed by atoms with Gasteiger partial charge in [0, 0.05) is 19.3 Å². The third-order valence-corrected chi connectivity index (χ3v) is 13.1. The molecule has 0 saturated carbocycles. The normalized spacial score (nSPS) is 12.3.